The van der Waals surface area contributed by atoms with Crippen molar-refractivity contribution in [1.29, 1.82) is 0 Å². The van der Waals surface area contributed by atoms with Crippen LogP contribution in [0.4, 0.5) is 10.1 Å². The summed E-state index contributed by atoms with van der Waals surface area (Å²) in [7, 11) is 0. The van der Waals surface area contributed by atoms with Crippen molar-refractivity contribution in [1.82, 2.24) is 10.2 Å². The molecule has 0 aromatic heterocycles. The minimum Gasteiger partial charge on any atom is -0.330 e. The Hall–Kier alpha value is -3.00. The fourth-order valence-electron chi connectivity index (χ4n) is 4.01. The van der Waals surface area contributed by atoms with Crippen LogP contribution in [0.5, 0.6) is 0 Å². The van der Waals surface area contributed by atoms with Crippen molar-refractivity contribution >= 4 is 58.0 Å². The van der Waals surface area contributed by atoms with Crippen molar-refractivity contribution in [2.24, 2.45) is 0 Å². The molecule has 0 radical (unpaired) electrons. The van der Waals surface area contributed by atoms with E-state index >= 15 is 0 Å². The molecule has 1 atom stereocenters. The van der Waals surface area contributed by atoms with Gasteiger partial charge in [-0.3, -0.25) is 9.59 Å². The van der Waals surface area contributed by atoms with E-state index in [1.54, 1.807) is 41.3 Å². The molecule has 2 N–H and O–H groups in total. The Morgan fingerprint density at radius 2 is 1.56 bits per heavy atom. The lowest BCUT2D eigenvalue weighted by molar-refractivity contribution is -0.131. The van der Waals surface area contributed by atoms with Crippen molar-refractivity contribution in [3.63, 3.8) is 0 Å². The average molecular weight is 516 g/mol. The number of hydrogen-bond acceptors (Lipinski definition) is 3. The number of nitrogens with one attached hydrogen (secondary N) is 2. The van der Waals surface area contributed by atoms with E-state index in [9.17, 15) is 14.0 Å². The van der Waals surface area contributed by atoms with Gasteiger partial charge in [0.05, 0.1) is 6.42 Å². The first-order valence-electron chi connectivity index (χ1n) is 10.5. The fourth-order valence-corrected chi connectivity index (χ4v) is 4.60. The highest BCUT2D eigenvalue weighted by Gasteiger charge is 2.53. The summed E-state index contributed by atoms with van der Waals surface area (Å²) in [5, 5.41) is 6.84. The van der Waals surface area contributed by atoms with Gasteiger partial charge in [0.15, 0.2) is 10.7 Å². The minimum absolute atomic E-state index is 0.210. The second-order valence-electron chi connectivity index (χ2n) is 7.89. The standard InChI is InChI=1S/C25H20Cl2FN3O2S/c26-18-5-1-16(2-6-18)13-14-31-24(34)30-23(33)25(31,17-3-7-19(27)8-4-17)15-22(32)29-21-11-9-20(28)10-12-21/h1-12H,13-15H2,(H,29,32)(H,30,33,34). The summed E-state index contributed by atoms with van der Waals surface area (Å²) in [6.45, 7) is 0.381. The van der Waals surface area contributed by atoms with Gasteiger partial charge in [0.1, 0.15) is 5.82 Å². The number of nitrogens with zero attached hydrogens (tertiary/aromatic N) is 1. The molecule has 5 nitrogen and oxygen atoms in total. The highest BCUT2D eigenvalue weighted by atomic mass is 35.5. The molecule has 3 aromatic rings. The Morgan fingerprint density at radius 1 is 0.971 bits per heavy atom. The van der Waals surface area contributed by atoms with E-state index in [0.717, 1.165) is 5.56 Å². The summed E-state index contributed by atoms with van der Waals surface area (Å²) in [6, 6.07) is 19.6. The Kier molecular flexibility index (Phi) is 7.16. The maximum absolute atomic E-state index is 13.4. The van der Waals surface area contributed by atoms with E-state index in [4.69, 9.17) is 35.4 Å². The zero-order valence-corrected chi connectivity index (χ0v) is 20.2. The van der Waals surface area contributed by atoms with Gasteiger partial charge in [-0.25, -0.2) is 4.39 Å². The van der Waals surface area contributed by atoms with Crippen LogP contribution in [0.15, 0.2) is 72.8 Å². The van der Waals surface area contributed by atoms with Crippen molar-refractivity contribution in [2.75, 3.05) is 11.9 Å². The summed E-state index contributed by atoms with van der Waals surface area (Å²) in [6.07, 6.45) is 0.361. The molecule has 1 unspecified atom stereocenters. The third-order valence-corrected chi connectivity index (χ3v) is 6.53. The van der Waals surface area contributed by atoms with Crippen molar-refractivity contribution in [3.05, 3.63) is 99.8 Å². The zero-order chi connectivity index (χ0) is 24.3. The third kappa shape index (κ3) is 5.06. The smallest absolute Gasteiger partial charge is 0.257 e. The topological polar surface area (TPSA) is 61.4 Å². The van der Waals surface area contributed by atoms with E-state index in [1.165, 1.54) is 24.3 Å². The van der Waals surface area contributed by atoms with E-state index in [2.05, 4.69) is 10.6 Å². The highest BCUT2D eigenvalue weighted by Crippen LogP contribution is 2.38. The molecule has 3 aromatic carbocycles. The average Bonchev–Trinajstić information content (AvgIpc) is 3.04. The Labute approximate surface area is 211 Å². The predicted molar refractivity (Wildman–Crippen MR) is 135 cm³/mol. The van der Waals surface area contributed by atoms with Gasteiger partial charge in [-0.1, -0.05) is 47.5 Å². The Morgan fingerprint density at radius 3 is 2.18 bits per heavy atom. The molecule has 0 saturated carbocycles. The molecule has 34 heavy (non-hydrogen) atoms. The number of hydrogen-bond donors (Lipinski definition) is 2. The summed E-state index contributed by atoms with van der Waals surface area (Å²) in [5.41, 5.74) is 0.636. The van der Waals surface area contributed by atoms with E-state index in [-0.39, 0.29) is 11.5 Å². The maximum atomic E-state index is 13.4. The van der Waals surface area contributed by atoms with Crippen LogP contribution in [-0.2, 0) is 21.5 Å². The van der Waals surface area contributed by atoms with Gasteiger partial charge in [0.2, 0.25) is 5.91 Å². The molecule has 1 heterocycles. The summed E-state index contributed by atoms with van der Waals surface area (Å²) < 4.78 is 13.3. The number of amides is 2. The van der Waals surface area contributed by atoms with Gasteiger partial charge in [-0.2, -0.15) is 0 Å². The number of carbonyl (C=O) groups excluding carboxylic acids is 2. The Bertz CT molecular complexity index is 1220. The van der Waals surface area contributed by atoms with Gasteiger partial charge >= 0.3 is 0 Å². The zero-order valence-electron chi connectivity index (χ0n) is 17.9. The lowest BCUT2D eigenvalue weighted by Crippen LogP contribution is -2.50. The number of carbonyl (C=O) groups is 2. The number of thiocarbonyl (C=S) groups is 1. The Balaban J connectivity index is 1.66. The van der Waals surface area contributed by atoms with Crippen LogP contribution in [0.2, 0.25) is 10.0 Å². The lowest BCUT2D eigenvalue weighted by atomic mass is 9.84. The number of anilines is 1. The highest BCUT2D eigenvalue weighted by molar-refractivity contribution is 7.80. The van der Waals surface area contributed by atoms with Gasteiger partial charge in [0, 0.05) is 22.3 Å². The fraction of sp³-hybridized carbons (Fsp3) is 0.160. The first-order valence-corrected chi connectivity index (χ1v) is 11.6. The van der Waals surface area contributed by atoms with Crippen LogP contribution < -0.4 is 10.6 Å². The van der Waals surface area contributed by atoms with Crippen molar-refractivity contribution in [3.8, 4) is 0 Å². The van der Waals surface area contributed by atoms with Gasteiger partial charge in [-0.15, -0.1) is 0 Å². The third-order valence-electron chi connectivity index (χ3n) is 5.71. The predicted octanol–water partition coefficient (Wildman–Crippen LogP) is 5.32. The summed E-state index contributed by atoms with van der Waals surface area (Å²) in [4.78, 5) is 28.2. The van der Waals surface area contributed by atoms with Crippen LogP contribution in [0.25, 0.3) is 0 Å². The van der Waals surface area contributed by atoms with Gasteiger partial charge in [0.25, 0.3) is 5.91 Å². The molecule has 4 rings (SSSR count). The second-order valence-corrected chi connectivity index (χ2v) is 9.15. The molecule has 1 aliphatic rings. The van der Waals surface area contributed by atoms with E-state index < -0.39 is 23.2 Å². The second kappa shape index (κ2) is 10.1. The molecule has 174 valence electrons. The molecule has 2 amide bonds. The van der Waals surface area contributed by atoms with Crippen LogP contribution in [0, 0.1) is 5.82 Å². The van der Waals surface area contributed by atoms with Crippen LogP contribution in [-0.4, -0.2) is 28.4 Å². The quantitative estimate of drug-likeness (QED) is 0.418. The minimum atomic E-state index is -1.38. The molecular weight excluding hydrogens is 496 g/mol. The molecule has 1 fully saturated rings. The molecule has 0 spiro atoms. The first kappa shape index (κ1) is 24.1. The van der Waals surface area contributed by atoms with Crippen LogP contribution in [0.3, 0.4) is 0 Å². The monoisotopic (exact) mass is 515 g/mol. The van der Waals surface area contributed by atoms with Crippen LogP contribution >= 0.6 is 35.4 Å². The SMILES string of the molecule is O=C(CC1(c2ccc(Cl)cc2)C(=O)NC(=S)N1CCc1ccc(Cl)cc1)Nc1ccc(F)cc1. The maximum Gasteiger partial charge on any atom is 0.257 e. The number of rotatable bonds is 7. The summed E-state index contributed by atoms with van der Waals surface area (Å²) >= 11 is 17.6. The first-order chi connectivity index (χ1) is 16.3. The molecular formula is C25H20Cl2FN3O2S. The van der Waals surface area contributed by atoms with E-state index in [1.807, 2.05) is 12.1 Å². The van der Waals surface area contributed by atoms with Gasteiger partial charge in [-0.05, 0) is 78.3 Å². The normalized spacial score (nSPS) is 17.6. The molecule has 1 aliphatic heterocycles. The van der Waals surface area contributed by atoms with Gasteiger partial charge < -0.3 is 15.5 Å². The largest absolute Gasteiger partial charge is 0.330 e. The van der Waals surface area contributed by atoms with Crippen molar-refractivity contribution < 1.29 is 14.0 Å². The number of halogens is 3. The van der Waals surface area contributed by atoms with Crippen molar-refractivity contribution in [2.45, 2.75) is 18.4 Å². The summed E-state index contributed by atoms with van der Waals surface area (Å²) in [5.74, 6) is -1.23. The van der Waals surface area contributed by atoms with Crippen LogP contribution in [0.1, 0.15) is 17.5 Å². The molecule has 1 saturated heterocycles. The number of benzene rings is 3. The molecule has 0 aliphatic carbocycles. The molecule has 0 bridgehead atoms. The molecule has 9 heteroatoms. The van der Waals surface area contributed by atoms with E-state index in [0.29, 0.717) is 34.3 Å². The lowest BCUT2D eigenvalue weighted by Gasteiger charge is -2.36.